The Morgan fingerprint density at radius 3 is 2.26 bits per heavy atom. The minimum absolute atomic E-state index is 0.118. The Bertz CT molecular complexity index is 1450. The summed E-state index contributed by atoms with van der Waals surface area (Å²) in [6, 6.07) is 19.0. The molecule has 0 saturated carbocycles. The Kier molecular flexibility index (Phi) is 6.61. The van der Waals surface area contributed by atoms with Gasteiger partial charge in [-0.05, 0) is 61.4 Å². The van der Waals surface area contributed by atoms with Crippen LogP contribution in [0.3, 0.4) is 0 Å². The summed E-state index contributed by atoms with van der Waals surface area (Å²) in [5, 5.41) is 2.85. The first-order valence-corrected chi connectivity index (χ1v) is 14.3. The van der Waals surface area contributed by atoms with Gasteiger partial charge in [-0.1, -0.05) is 36.4 Å². The number of aryl methyl sites for hydroxylation is 1. The van der Waals surface area contributed by atoms with Gasteiger partial charge in [0.05, 0.1) is 28.1 Å². The summed E-state index contributed by atoms with van der Waals surface area (Å²) >= 11 is 0. The number of hydrogen-bond acceptors (Lipinski definition) is 6. The fraction of sp³-hybridized carbons (Fsp3) is 0.240. The van der Waals surface area contributed by atoms with Crippen LogP contribution in [0.1, 0.15) is 24.1 Å². The number of fused-ring (bicyclic) bond motifs is 1. The molecule has 35 heavy (non-hydrogen) atoms. The summed E-state index contributed by atoms with van der Waals surface area (Å²) in [4.78, 5) is 13.5. The maximum Gasteiger partial charge on any atom is 0.264 e. The van der Waals surface area contributed by atoms with E-state index >= 15 is 0 Å². The van der Waals surface area contributed by atoms with Gasteiger partial charge >= 0.3 is 0 Å². The highest BCUT2D eigenvalue weighted by Gasteiger charge is 2.38. The number of anilines is 1. The smallest absolute Gasteiger partial charge is 0.264 e. The van der Waals surface area contributed by atoms with Crippen LogP contribution in [0.25, 0.3) is 0 Å². The van der Waals surface area contributed by atoms with Crippen LogP contribution in [0.2, 0.25) is 0 Å². The number of nitrogens with zero attached hydrogens (tertiary/aromatic N) is 1. The van der Waals surface area contributed by atoms with Crippen LogP contribution in [-0.2, 0) is 24.7 Å². The number of hydrogen-bond donors (Lipinski definition) is 1. The van der Waals surface area contributed by atoms with Crippen LogP contribution in [0, 0.1) is 6.92 Å². The van der Waals surface area contributed by atoms with Crippen molar-refractivity contribution < 1.29 is 26.4 Å². The summed E-state index contributed by atoms with van der Waals surface area (Å²) in [7, 11) is -7.27. The van der Waals surface area contributed by atoms with E-state index in [1.54, 1.807) is 55.5 Å². The van der Waals surface area contributed by atoms with Crippen LogP contribution in [0.15, 0.2) is 82.6 Å². The third-order valence-corrected chi connectivity index (χ3v) is 8.70. The fourth-order valence-corrected chi connectivity index (χ4v) is 5.97. The standard InChI is InChI=1S/C25H26N2O6S2/c1-17-9-14-22-23(15-17)33-24(16-27(22)35(31,32)21-7-5-4-6-8-21)25(28)26-18(2)19-10-12-20(13-11-19)34(3,29)30/h4-15,18,24H,16H2,1-3H3,(H,26,28)/t18-,24+/m1/s1. The van der Waals surface area contributed by atoms with E-state index in [1.807, 2.05) is 6.92 Å². The number of sulfone groups is 1. The number of sulfonamides is 1. The Morgan fingerprint density at radius 1 is 0.971 bits per heavy atom. The molecule has 0 spiro atoms. The van der Waals surface area contributed by atoms with E-state index in [2.05, 4.69) is 5.32 Å². The lowest BCUT2D eigenvalue weighted by molar-refractivity contribution is -0.128. The number of nitrogens with one attached hydrogen (secondary N) is 1. The molecule has 0 saturated heterocycles. The Morgan fingerprint density at radius 2 is 1.63 bits per heavy atom. The summed E-state index contributed by atoms with van der Waals surface area (Å²) < 4.78 is 57.4. The molecule has 0 aliphatic carbocycles. The first kappa shape index (κ1) is 24.7. The minimum Gasteiger partial charge on any atom is -0.476 e. The Hall–Kier alpha value is -3.37. The Labute approximate surface area is 205 Å². The molecule has 184 valence electrons. The highest BCUT2D eigenvalue weighted by molar-refractivity contribution is 7.92. The van der Waals surface area contributed by atoms with Gasteiger partial charge in [0.2, 0.25) is 0 Å². The number of ether oxygens (including phenoxy) is 1. The van der Waals surface area contributed by atoms with Crippen molar-refractivity contribution in [3.63, 3.8) is 0 Å². The monoisotopic (exact) mass is 514 g/mol. The molecule has 3 aromatic carbocycles. The lowest BCUT2D eigenvalue weighted by Gasteiger charge is -2.35. The number of benzene rings is 3. The maximum atomic E-state index is 13.4. The van der Waals surface area contributed by atoms with Gasteiger partial charge in [0.25, 0.3) is 15.9 Å². The average Bonchev–Trinajstić information content (AvgIpc) is 2.83. The third kappa shape index (κ3) is 5.18. The molecule has 10 heteroatoms. The molecule has 1 amide bonds. The lowest BCUT2D eigenvalue weighted by atomic mass is 10.1. The SMILES string of the molecule is Cc1ccc2c(c1)O[C@H](C(=O)N[C@H](C)c1ccc(S(C)(=O)=O)cc1)CN2S(=O)(=O)c1ccccc1. The normalized spacial score (nSPS) is 16.7. The number of carbonyl (C=O) groups is 1. The van der Waals surface area contributed by atoms with Gasteiger partial charge in [-0.25, -0.2) is 16.8 Å². The van der Waals surface area contributed by atoms with Gasteiger partial charge in [0, 0.05) is 6.26 Å². The van der Waals surface area contributed by atoms with Crippen molar-refractivity contribution in [2.45, 2.75) is 35.8 Å². The molecule has 1 heterocycles. The second kappa shape index (κ2) is 9.35. The quantitative estimate of drug-likeness (QED) is 0.541. The second-order valence-corrected chi connectivity index (χ2v) is 12.4. The van der Waals surface area contributed by atoms with E-state index in [0.29, 0.717) is 17.0 Å². The summed E-state index contributed by atoms with van der Waals surface area (Å²) in [6.45, 7) is 3.41. The third-order valence-electron chi connectivity index (χ3n) is 5.78. The van der Waals surface area contributed by atoms with Gasteiger partial charge in [-0.15, -0.1) is 0 Å². The molecule has 1 aliphatic heterocycles. The highest BCUT2D eigenvalue weighted by Crippen LogP contribution is 2.37. The topological polar surface area (TPSA) is 110 Å². The summed E-state index contributed by atoms with van der Waals surface area (Å²) in [5.41, 5.74) is 1.93. The number of rotatable bonds is 6. The van der Waals surface area contributed by atoms with Gasteiger partial charge in [0.15, 0.2) is 15.9 Å². The Balaban J connectivity index is 1.60. The molecule has 1 N–H and O–H groups in total. The molecule has 0 radical (unpaired) electrons. The van der Waals surface area contributed by atoms with Gasteiger partial charge < -0.3 is 10.1 Å². The highest BCUT2D eigenvalue weighted by atomic mass is 32.2. The van der Waals surface area contributed by atoms with E-state index in [0.717, 1.165) is 11.8 Å². The van der Waals surface area contributed by atoms with Crippen LogP contribution < -0.4 is 14.4 Å². The molecule has 4 rings (SSSR count). The van der Waals surface area contributed by atoms with Crippen LogP contribution in [0.4, 0.5) is 5.69 Å². The lowest BCUT2D eigenvalue weighted by Crippen LogP contribution is -2.51. The van der Waals surface area contributed by atoms with Crippen molar-refractivity contribution in [2.75, 3.05) is 17.1 Å². The van der Waals surface area contributed by atoms with E-state index in [1.165, 1.54) is 28.6 Å². The molecule has 0 aromatic heterocycles. The molecule has 0 bridgehead atoms. The molecule has 3 aromatic rings. The predicted molar refractivity (Wildman–Crippen MR) is 133 cm³/mol. The van der Waals surface area contributed by atoms with Crippen molar-refractivity contribution in [3.05, 3.63) is 83.9 Å². The molecule has 1 aliphatic rings. The molecule has 2 atom stereocenters. The predicted octanol–water partition coefficient (Wildman–Crippen LogP) is 3.23. The van der Waals surface area contributed by atoms with Crippen LogP contribution >= 0.6 is 0 Å². The molecular weight excluding hydrogens is 488 g/mol. The molecular formula is C25H26N2O6S2. The van der Waals surface area contributed by atoms with Crippen molar-refractivity contribution in [3.8, 4) is 5.75 Å². The zero-order valence-corrected chi connectivity index (χ0v) is 21.1. The summed E-state index contributed by atoms with van der Waals surface area (Å²) in [5.74, 6) is -0.175. The van der Waals surface area contributed by atoms with Crippen molar-refractivity contribution in [2.24, 2.45) is 0 Å². The maximum absolute atomic E-state index is 13.4. The largest absolute Gasteiger partial charge is 0.476 e. The molecule has 0 unspecified atom stereocenters. The van der Waals surface area contributed by atoms with Crippen LogP contribution in [-0.4, -0.2) is 41.6 Å². The second-order valence-electron chi connectivity index (χ2n) is 8.50. The van der Waals surface area contributed by atoms with E-state index in [9.17, 15) is 21.6 Å². The number of amides is 1. The molecule has 0 fully saturated rings. The molecule has 8 nitrogen and oxygen atoms in total. The van der Waals surface area contributed by atoms with E-state index in [-0.39, 0.29) is 16.3 Å². The van der Waals surface area contributed by atoms with Crippen LogP contribution in [0.5, 0.6) is 5.75 Å². The van der Waals surface area contributed by atoms with Crippen molar-refractivity contribution in [1.29, 1.82) is 0 Å². The van der Waals surface area contributed by atoms with Gasteiger partial charge in [-0.3, -0.25) is 9.10 Å². The van der Waals surface area contributed by atoms with Gasteiger partial charge in [-0.2, -0.15) is 0 Å². The zero-order chi connectivity index (χ0) is 25.4. The van der Waals surface area contributed by atoms with Gasteiger partial charge in [0.1, 0.15) is 5.75 Å². The fourth-order valence-electron chi connectivity index (χ4n) is 3.84. The number of carbonyl (C=O) groups excluding carboxylic acids is 1. The van der Waals surface area contributed by atoms with E-state index < -0.39 is 37.9 Å². The zero-order valence-electron chi connectivity index (χ0n) is 19.5. The summed E-state index contributed by atoms with van der Waals surface area (Å²) in [6.07, 6.45) is 0.0446. The first-order valence-electron chi connectivity index (χ1n) is 10.9. The van der Waals surface area contributed by atoms with Crippen molar-refractivity contribution in [1.82, 2.24) is 5.32 Å². The first-order chi connectivity index (χ1) is 16.5. The average molecular weight is 515 g/mol. The minimum atomic E-state index is -3.94. The van der Waals surface area contributed by atoms with E-state index in [4.69, 9.17) is 4.74 Å². The van der Waals surface area contributed by atoms with Crippen molar-refractivity contribution >= 4 is 31.5 Å².